The Balaban J connectivity index is 3.08. The molecule has 0 aliphatic heterocycles. The standard InChI is InChI=1S/C14H20BrNO2/c1-4-10(3)9-16(5-2)13-7-6-11(15)8-12(13)14(17)18/h6-8,10H,4-5,9H2,1-3H3,(H,17,18). The second kappa shape index (κ2) is 6.78. The van der Waals surface area contributed by atoms with E-state index in [2.05, 4.69) is 41.6 Å². The maximum absolute atomic E-state index is 11.3. The predicted molar refractivity (Wildman–Crippen MR) is 78.4 cm³/mol. The zero-order chi connectivity index (χ0) is 13.7. The highest BCUT2D eigenvalue weighted by atomic mass is 79.9. The Kier molecular flexibility index (Phi) is 5.66. The van der Waals surface area contributed by atoms with Crippen LogP contribution in [-0.4, -0.2) is 24.2 Å². The van der Waals surface area contributed by atoms with Crippen molar-refractivity contribution < 1.29 is 9.90 Å². The van der Waals surface area contributed by atoms with Crippen molar-refractivity contribution in [2.75, 3.05) is 18.0 Å². The molecule has 0 radical (unpaired) electrons. The zero-order valence-electron chi connectivity index (χ0n) is 11.1. The number of hydrogen-bond acceptors (Lipinski definition) is 2. The van der Waals surface area contributed by atoms with Crippen molar-refractivity contribution in [2.45, 2.75) is 27.2 Å². The van der Waals surface area contributed by atoms with Crippen LogP contribution in [0.4, 0.5) is 5.69 Å². The van der Waals surface area contributed by atoms with E-state index in [0.29, 0.717) is 11.5 Å². The Labute approximate surface area is 117 Å². The van der Waals surface area contributed by atoms with Crippen molar-refractivity contribution >= 4 is 27.6 Å². The van der Waals surface area contributed by atoms with Crippen molar-refractivity contribution in [3.8, 4) is 0 Å². The number of halogens is 1. The van der Waals surface area contributed by atoms with Crippen LogP contribution in [-0.2, 0) is 0 Å². The Morgan fingerprint density at radius 1 is 1.44 bits per heavy atom. The van der Waals surface area contributed by atoms with Gasteiger partial charge in [0.25, 0.3) is 0 Å². The molecule has 4 heteroatoms. The number of carbonyl (C=O) groups is 1. The van der Waals surface area contributed by atoms with Gasteiger partial charge in [0.2, 0.25) is 0 Å². The first-order chi connectivity index (χ1) is 8.49. The molecule has 0 aliphatic rings. The van der Waals surface area contributed by atoms with Gasteiger partial charge in [-0.2, -0.15) is 0 Å². The molecule has 100 valence electrons. The van der Waals surface area contributed by atoms with Crippen molar-refractivity contribution in [3.05, 3.63) is 28.2 Å². The Morgan fingerprint density at radius 2 is 2.11 bits per heavy atom. The number of benzene rings is 1. The molecule has 1 N–H and O–H groups in total. The molecule has 0 aromatic heterocycles. The smallest absolute Gasteiger partial charge is 0.337 e. The molecule has 0 heterocycles. The van der Waals surface area contributed by atoms with E-state index in [1.807, 2.05) is 12.1 Å². The average Bonchev–Trinajstić information content (AvgIpc) is 2.35. The number of hydrogen-bond donors (Lipinski definition) is 1. The molecule has 0 saturated carbocycles. The summed E-state index contributed by atoms with van der Waals surface area (Å²) in [5.41, 5.74) is 1.16. The lowest BCUT2D eigenvalue weighted by molar-refractivity contribution is 0.0697. The van der Waals surface area contributed by atoms with E-state index in [-0.39, 0.29) is 0 Å². The lowest BCUT2D eigenvalue weighted by atomic mass is 10.1. The van der Waals surface area contributed by atoms with Crippen LogP contribution in [0, 0.1) is 5.92 Å². The maximum Gasteiger partial charge on any atom is 0.337 e. The summed E-state index contributed by atoms with van der Waals surface area (Å²) in [6.45, 7) is 8.08. The molecular formula is C14H20BrNO2. The van der Waals surface area contributed by atoms with Crippen LogP contribution in [0.1, 0.15) is 37.6 Å². The molecule has 18 heavy (non-hydrogen) atoms. The second-order valence-electron chi connectivity index (χ2n) is 4.52. The van der Waals surface area contributed by atoms with Crippen LogP contribution in [0.2, 0.25) is 0 Å². The molecule has 0 saturated heterocycles. The number of rotatable bonds is 6. The van der Waals surface area contributed by atoms with Gasteiger partial charge < -0.3 is 10.0 Å². The third kappa shape index (κ3) is 3.73. The fraction of sp³-hybridized carbons (Fsp3) is 0.500. The summed E-state index contributed by atoms with van der Waals surface area (Å²) >= 11 is 3.32. The third-order valence-electron chi connectivity index (χ3n) is 3.14. The summed E-state index contributed by atoms with van der Waals surface area (Å²) in [5.74, 6) is -0.329. The van der Waals surface area contributed by atoms with E-state index in [1.54, 1.807) is 6.07 Å². The molecule has 1 unspecified atom stereocenters. The topological polar surface area (TPSA) is 40.5 Å². The van der Waals surface area contributed by atoms with Gasteiger partial charge in [0.05, 0.1) is 11.3 Å². The Hall–Kier alpha value is -1.03. The highest BCUT2D eigenvalue weighted by Gasteiger charge is 2.16. The lowest BCUT2D eigenvalue weighted by Crippen LogP contribution is -2.29. The van der Waals surface area contributed by atoms with Crippen LogP contribution in [0.3, 0.4) is 0 Å². The summed E-state index contributed by atoms with van der Waals surface area (Å²) in [4.78, 5) is 13.4. The highest BCUT2D eigenvalue weighted by molar-refractivity contribution is 9.10. The molecule has 1 atom stereocenters. The molecule has 0 spiro atoms. The SMILES string of the molecule is CCC(C)CN(CC)c1ccc(Br)cc1C(=O)O. The molecule has 0 fully saturated rings. The maximum atomic E-state index is 11.3. The van der Waals surface area contributed by atoms with Crippen molar-refractivity contribution in [1.29, 1.82) is 0 Å². The van der Waals surface area contributed by atoms with Crippen molar-refractivity contribution in [1.82, 2.24) is 0 Å². The second-order valence-corrected chi connectivity index (χ2v) is 5.43. The molecule has 1 rings (SSSR count). The van der Waals surface area contributed by atoms with Gasteiger partial charge in [-0.3, -0.25) is 0 Å². The first-order valence-electron chi connectivity index (χ1n) is 6.27. The zero-order valence-corrected chi connectivity index (χ0v) is 12.7. The molecule has 0 bridgehead atoms. The van der Waals surface area contributed by atoms with Gasteiger partial charge in [-0.05, 0) is 31.0 Å². The highest BCUT2D eigenvalue weighted by Crippen LogP contribution is 2.25. The first kappa shape index (κ1) is 15.0. The fourth-order valence-corrected chi connectivity index (χ4v) is 2.22. The van der Waals surface area contributed by atoms with Gasteiger partial charge in [-0.15, -0.1) is 0 Å². The average molecular weight is 314 g/mol. The summed E-state index contributed by atoms with van der Waals surface area (Å²) < 4.78 is 0.795. The van der Waals surface area contributed by atoms with E-state index in [4.69, 9.17) is 0 Å². The number of anilines is 1. The van der Waals surface area contributed by atoms with Crippen molar-refractivity contribution in [2.24, 2.45) is 5.92 Å². The summed E-state index contributed by atoms with van der Waals surface area (Å²) in [7, 11) is 0. The minimum atomic E-state index is -0.881. The predicted octanol–water partition coefficient (Wildman–Crippen LogP) is 4.02. The van der Waals surface area contributed by atoms with E-state index in [0.717, 1.165) is 29.7 Å². The first-order valence-corrected chi connectivity index (χ1v) is 7.06. The van der Waals surface area contributed by atoms with Crippen LogP contribution < -0.4 is 4.90 Å². The van der Waals surface area contributed by atoms with Crippen LogP contribution in [0.15, 0.2) is 22.7 Å². The molecule has 0 amide bonds. The molecule has 1 aromatic carbocycles. The minimum absolute atomic E-state index is 0.356. The van der Waals surface area contributed by atoms with Crippen LogP contribution in [0.5, 0.6) is 0 Å². The van der Waals surface area contributed by atoms with E-state index in [9.17, 15) is 9.90 Å². The number of aromatic carboxylic acids is 1. The summed E-state index contributed by atoms with van der Waals surface area (Å²) in [5, 5.41) is 9.28. The van der Waals surface area contributed by atoms with Crippen LogP contribution >= 0.6 is 15.9 Å². The van der Waals surface area contributed by atoms with Gasteiger partial charge in [0, 0.05) is 17.6 Å². The van der Waals surface area contributed by atoms with Gasteiger partial charge in [-0.1, -0.05) is 36.2 Å². The summed E-state index contributed by atoms with van der Waals surface area (Å²) in [6.07, 6.45) is 1.09. The number of carboxylic acid groups (broad SMARTS) is 1. The lowest BCUT2D eigenvalue weighted by Gasteiger charge is -2.27. The van der Waals surface area contributed by atoms with Gasteiger partial charge >= 0.3 is 5.97 Å². The minimum Gasteiger partial charge on any atom is -0.478 e. The largest absolute Gasteiger partial charge is 0.478 e. The van der Waals surface area contributed by atoms with E-state index < -0.39 is 5.97 Å². The summed E-state index contributed by atoms with van der Waals surface area (Å²) in [6, 6.07) is 5.43. The van der Waals surface area contributed by atoms with Gasteiger partial charge in [0.15, 0.2) is 0 Å². The third-order valence-corrected chi connectivity index (χ3v) is 3.63. The van der Waals surface area contributed by atoms with Crippen LogP contribution in [0.25, 0.3) is 0 Å². The number of nitrogens with zero attached hydrogens (tertiary/aromatic N) is 1. The molecule has 0 aliphatic carbocycles. The fourth-order valence-electron chi connectivity index (χ4n) is 1.86. The van der Waals surface area contributed by atoms with Gasteiger partial charge in [0.1, 0.15) is 0 Å². The van der Waals surface area contributed by atoms with Gasteiger partial charge in [-0.25, -0.2) is 4.79 Å². The molecule has 3 nitrogen and oxygen atoms in total. The normalized spacial score (nSPS) is 12.2. The monoisotopic (exact) mass is 313 g/mol. The Bertz CT molecular complexity index is 420. The van der Waals surface area contributed by atoms with Crippen molar-refractivity contribution in [3.63, 3.8) is 0 Å². The van der Waals surface area contributed by atoms with E-state index >= 15 is 0 Å². The number of carboxylic acids is 1. The molecule has 1 aromatic rings. The Morgan fingerprint density at radius 3 is 2.61 bits per heavy atom. The molecular weight excluding hydrogens is 294 g/mol. The van der Waals surface area contributed by atoms with E-state index in [1.165, 1.54) is 0 Å². The quantitative estimate of drug-likeness (QED) is 0.862.